The summed E-state index contributed by atoms with van der Waals surface area (Å²) in [6, 6.07) is 10.1. The topological polar surface area (TPSA) is 12.4 Å². The smallest absolute Gasteiger partial charge is 0.0625 e. The number of aliphatic imine (C=N–C) groups is 1. The van der Waals surface area contributed by atoms with E-state index in [0.717, 1.165) is 24.9 Å². The van der Waals surface area contributed by atoms with Crippen molar-refractivity contribution in [3.8, 4) is 0 Å². The molecule has 1 aromatic rings. The molecule has 0 amide bonds. The van der Waals surface area contributed by atoms with Crippen molar-refractivity contribution in [3.63, 3.8) is 0 Å². The minimum absolute atomic E-state index is 1.02. The maximum Gasteiger partial charge on any atom is 0.0625 e. The first-order valence-corrected chi connectivity index (χ1v) is 5.28. The third-order valence-electron chi connectivity index (χ3n) is 2.38. The number of rotatable bonds is 5. The monoisotopic (exact) mass is 188 g/mol. The lowest BCUT2D eigenvalue weighted by atomic mass is 10.0. The van der Waals surface area contributed by atoms with Crippen LogP contribution in [0, 0.1) is 5.92 Å². The zero-order valence-electron chi connectivity index (χ0n) is 9.03. The number of hydrogen-bond acceptors (Lipinski definition) is 1. The molecule has 1 radical (unpaired) electrons. The summed E-state index contributed by atoms with van der Waals surface area (Å²) in [5, 5.41) is 0. The summed E-state index contributed by atoms with van der Waals surface area (Å²) in [4.78, 5) is 4.40. The SMILES string of the molecule is CC[C](CC)CC=Nc1ccccc1. The highest BCUT2D eigenvalue weighted by atomic mass is 14.7. The highest BCUT2D eigenvalue weighted by Gasteiger charge is 2.00. The quantitative estimate of drug-likeness (QED) is 0.615. The Bertz CT molecular complexity index is 260. The van der Waals surface area contributed by atoms with Crippen molar-refractivity contribution in [2.24, 2.45) is 4.99 Å². The van der Waals surface area contributed by atoms with Crippen LogP contribution in [0.25, 0.3) is 0 Å². The van der Waals surface area contributed by atoms with Crippen LogP contribution in [-0.4, -0.2) is 6.21 Å². The van der Waals surface area contributed by atoms with Gasteiger partial charge in [0.2, 0.25) is 0 Å². The van der Waals surface area contributed by atoms with Gasteiger partial charge >= 0.3 is 0 Å². The Labute approximate surface area is 86.9 Å². The average molecular weight is 188 g/mol. The van der Waals surface area contributed by atoms with Gasteiger partial charge in [0.05, 0.1) is 5.69 Å². The fraction of sp³-hybridized carbons (Fsp3) is 0.385. The number of hydrogen-bond donors (Lipinski definition) is 0. The van der Waals surface area contributed by atoms with Gasteiger partial charge in [-0.1, -0.05) is 32.0 Å². The molecule has 0 fully saturated rings. The van der Waals surface area contributed by atoms with Crippen LogP contribution in [0.3, 0.4) is 0 Å². The maximum atomic E-state index is 4.40. The first kappa shape index (κ1) is 11.0. The lowest BCUT2D eigenvalue weighted by Gasteiger charge is -2.06. The zero-order valence-corrected chi connectivity index (χ0v) is 9.03. The molecule has 0 saturated carbocycles. The van der Waals surface area contributed by atoms with Crippen molar-refractivity contribution in [1.29, 1.82) is 0 Å². The minimum Gasteiger partial charge on any atom is -0.261 e. The van der Waals surface area contributed by atoms with Gasteiger partial charge in [-0.05, 0) is 37.3 Å². The predicted octanol–water partition coefficient (Wildman–Crippen LogP) is 4.17. The molecule has 0 aliphatic rings. The fourth-order valence-electron chi connectivity index (χ4n) is 1.33. The summed E-state index contributed by atoms with van der Waals surface area (Å²) in [7, 11) is 0. The molecule has 1 nitrogen and oxygen atoms in total. The van der Waals surface area contributed by atoms with Gasteiger partial charge in [-0.3, -0.25) is 4.99 Å². The minimum atomic E-state index is 1.02. The van der Waals surface area contributed by atoms with E-state index in [1.807, 2.05) is 36.5 Å². The lowest BCUT2D eigenvalue weighted by molar-refractivity contribution is 0.789. The van der Waals surface area contributed by atoms with Crippen molar-refractivity contribution in [2.45, 2.75) is 33.1 Å². The van der Waals surface area contributed by atoms with Gasteiger partial charge in [-0.15, -0.1) is 0 Å². The molecule has 0 bridgehead atoms. The van der Waals surface area contributed by atoms with E-state index in [2.05, 4.69) is 18.8 Å². The van der Waals surface area contributed by atoms with Crippen molar-refractivity contribution in [2.75, 3.05) is 0 Å². The number of benzene rings is 1. The van der Waals surface area contributed by atoms with Crippen molar-refractivity contribution in [3.05, 3.63) is 36.2 Å². The standard InChI is InChI=1S/C13H18N/c1-3-12(4-2)10-11-14-13-8-6-5-7-9-13/h5-9,11H,3-4,10H2,1-2H3. The van der Waals surface area contributed by atoms with E-state index < -0.39 is 0 Å². The zero-order chi connectivity index (χ0) is 10.2. The van der Waals surface area contributed by atoms with Gasteiger partial charge in [0.15, 0.2) is 0 Å². The second kappa shape index (κ2) is 6.36. The molecule has 75 valence electrons. The van der Waals surface area contributed by atoms with Crippen molar-refractivity contribution >= 4 is 11.9 Å². The molecule has 0 saturated heterocycles. The fourth-order valence-corrected chi connectivity index (χ4v) is 1.33. The highest BCUT2D eigenvalue weighted by molar-refractivity contribution is 5.65. The molecular formula is C13H18N. The van der Waals surface area contributed by atoms with E-state index in [-0.39, 0.29) is 0 Å². The van der Waals surface area contributed by atoms with Gasteiger partial charge in [0, 0.05) is 6.21 Å². The van der Waals surface area contributed by atoms with Crippen LogP contribution < -0.4 is 0 Å². The van der Waals surface area contributed by atoms with E-state index >= 15 is 0 Å². The molecule has 1 rings (SSSR count). The predicted molar refractivity (Wildman–Crippen MR) is 63.0 cm³/mol. The first-order valence-electron chi connectivity index (χ1n) is 5.28. The highest BCUT2D eigenvalue weighted by Crippen LogP contribution is 2.15. The normalized spacial score (nSPS) is 11.4. The summed E-state index contributed by atoms with van der Waals surface area (Å²) < 4.78 is 0. The summed E-state index contributed by atoms with van der Waals surface area (Å²) in [5.74, 6) is 1.56. The van der Waals surface area contributed by atoms with Gasteiger partial charge in [-0.25, -0.2) is 0 Å². The van der Waals surface area contributed by atoms with Crippen LogP contribution >= 0.6 is 0 Å². The Kier molecular flexibility index (Phi) is 4.98. The van der Waals surface area contributed by atoms with Crippen LogP contribution in [0.2, 0.25) is 0 Å². The van der Waals surface area contributed by atoms with Crippen LogP contribution in [0.1, 0.15) is 33.1 Å². The Hall–Kier alpha value is -1.11. The summed E-state index contributed by atoms with van der Waals surface area (Å²) in [6.45, 7) is 4.41. The number of para-hydroxylation sites is 1. The van der Waals surface area contributed by atoms with E-state index in [9.17, 15) is 0 Å². The van der Waals surface area contributed by atoms with Crippen LogP contribution in [0.4, 0.5) is 5.69 Å². The van der Waals surface area contributed by atoms with Crippen LogP contribution in [0.5, 0.6) is 0 Å². The average Bonchev–Trinajstić information content (AvgIpc) is 2.26. The Morgan fingerprint density at radius 3 is 2.36 bits per heavy atom. The Morgan fingerprint density at radius 2 is 1.79 bits per heavy atom. The second-order valence-electron chi connectivity index (χ2n) is 3.31. The third-order valence-corrected chi connectivity index (χ3v) is 2.38. The first-order chi connectivity index (χ1) is 6.86. The molecule has 1 aromatic carbocycles. The van der Waals surface area contributed by atoms with E-state index in [1.165, 1.54) is 0 Å². The third kappa shape index (κ3) is 3.73. The summed E-state index contributed by atoms with van der Waals surface area (Å²) >= 11 is 0. The van der Waals surface area contributed by atoms with Crippen molar-refractivity contribution < 1.29 is 0 Å². The molecule has 0 N–H and O–H groups in total. The largest absolute Gasteiger partial charge is 0.261 e. The Morgan fingerprint density at radius 1 is 1.14 bits per heavy atom. The molecule has 0 atom stereocenters. The van der Waals surface area contributed by atoms with Gasteiger partial charge in [-0.2, -0.15) is 0 Å². The van der Waals surface area contributed by atoms with E-state index in [1.54, 1.807) is 5.92 Å². The van der Waals surface area contributed by atoms with Gasteiger partial charge < -0.3 is 0 Å². The molecule has 1 heteroatoms. The Balaban J connectivity index is 2.41. The second-order valence-corrected chi connectivity index (χ2v) is 3.31. The van der Waals surface area contributed by atoms with Crippen LogP contribution in [0.15, 0.2) is 35.3 Å². The molecule has 0 spiro atoms. The number of nitrogens with zero attached hydrogens (tertiary/aromatic N) is 1. The van der Waals surface area contributed by atoms with Gasteiger partial charge in [0.1, 0.15) is 0 Å². The molecule has 0 unspecified atom stereocenters. The van der Waals surface area contributed by atoms with Crippen molar-refractivity contribution in [1.82, 2.24) is 0 Å². The summed E-state index contributed by atoms with van der Waals surface area (Å²) in [6.07, 6.45) is 5.36. The maximum absolute atomic E-state index is 4.40. The van der Waals surface area contributed by atoms with Crippen LogP contribution in [-0.2, 0) is 0 Å². The van der Waals surface area contributed by atoms with Gasteiger partial charge in [0.25, 0.3) is 0 Å². The molecule has 0 aromatic heterocycles. The molecule has 0 aliphatic carbocycles. The van der Waals surface area contributed by atoms with E-state index in [4.69, 9.17) is 0 Å². The lowest BCUT2D eigenvalue weighted by Crippen LogP contribution is -1.93. The van der Waals surface area contributed by atoms with E-state index in [0.29, 0.717) is 0 Å². The molecule has 14 heavy (non-hydrogen) atoms. The molecule has 0 aliphatic heterocycles. The molecule has 0 heterocycles. The molecular weight excluding hydrogens is 170 g/mol. The summed E-state index contributed by atoms with van der Waals surface area (Å²) in [5.41, 5.74) is 1.04.